The molecular weight excluding hydrogens is 328 g/mol. The summed E-state index contributed by atoms with van der Waals surface area (Å²) in [5.41, 5.74) is 7.91. The molecule has 3 aromatic carbocycles. The topological polar surface area (TPSA) is 111 Å². The Kier molecular flexibility index (Phi) is 3.05. The van der Waals surface area contributed by atoms with E-state index in [2.05, 4.69) is 10.2 Å². The molecule has 0 radical (unpaired) electrons. The molecule has 0 saturated heterocycles. The van der Waals surface area contributed by atoms with Gasteiger partial charge in [-0.25, -0.2) is 0 Å². The van der Waals surface area contributed by atoms with E-state index in [0.717, 1.165) is 0 Å². The van der Waals surface area contributed by atoms with Crippen LogP contribution in [0.5, 0.6) is 0 Å². The Morgan fingerprint density at radius 1 is 0.958 bits per heavy atom. The number of nitrogens with two attached hydrogens (primary N) is 1. The summed E-state index contributed by atoms with van der Waals surface area (Å²) in [6.45, 7) is 0. The summed E-state index contributed by atoms with van der Waals surface area (Å²) in [5, 5.41) is 9.78. The lowest BCUT2D eigenvalue weighted by atomic mass is 10.1. The fraction of sp³-hybridized carbons (Fsp3) is 0. The molecule has 4 aromatic rings. The maximum Gasteiger partial charge on any atom is 0.295 e. The van der Waals surface area contributed by atoms with Crippen molar-refractivity contribution in [1.82, 2.24) is 15.0 Å². The lowest BCUT2D eigenvalue weighted by molar-refractivity contribution is 0.484. The summed E-state index contributed by atoms with van der Waals surface area (Å²) in [7, 11) is -4.38. The van der Waals surface area contributed by atoms with Gasteiger partial charge < -0.3 is 5.73 Å². The van der Waals surface area contributed by atoms with Crippen LogP contribution in [-0.4, -0.2) is 28.0 Å². The highest BCUT2D eigenvalue weighted by atomic mass is 32.2. The van der Waals surface area contributed by atoms with E-state index in [-0.39, 0.29) is 4.90 Å². The molecule has 1 heterocycles. The average Bonchev–Trinajstić information content (AvgIpc) is 2.98. The van der Waals surface area contributed by atoms with Gasteiger partial charge in [-0.05, 0) is 30.3 Å². The zero-order valence-corrected chi connectivity index (χ0v) is 13.1. The van der Waals surface area contributed by atoms with Crippen molar-refractivity contribution < 1.29 is 13.0 Å². The Bertz CT molecular complexity index is 1180. The first-order valence-corrected chi connectivity index (χ1v) is 8.50. The summed E-state index contributed by atoms with van der Waals surface area (Å²) >= 11 is 0. The minimum atomic E-state index is -4.38. The van der Waals surface area contributed by atoms with Crippen molar-refractivity contribution in [3.63, 3.8) is 0 Å². The van der Waals surface area contributed by atoms with Crippen molar-refractivity contribution in [3.05, 3.63) is 54.6 Å². The van der Waals surface area contributed by atoms with Gasteiger partial charge in [0, 0.05) is 16.5 Å². The Balaban J connectivity index is 2.07. The minimum Gasteiger partial charge on any atom is -0.399 e. The van der Waals surface area contributed by atoms with Crippen LogP contribution in [0.2, 0.25) is 0 Å². The lowest BCUT2D eigenvalue weighted by Crippen LogP contribution is -1.99. The number of fused-ring (bicyclic) bond motifs is 3. The van der Waals surface area contributed by atoms with Gasteiger partial charge in [0.15, 0.2) is 0 Å². The van der Waals surface area contributed by atoms with Gasteiger partial charge in [0.05, 0.1) is 5.69 Å². The maximum absolute atomic E-state index is 11.7. The number of rotatable bonds is 2. The predicted octanol–water partition coefficient (Wildman–Crippen LogP) is 2.40. The normalized spacial score (nSPS) is 12.0. The number of aromatic nitrogens is 3. The molecule has 0 atom stereocenters. The zero-order chi connectivity index (χ0) is 16.9. The minimum absolute atomic E-state index is 0.185. The molecule has 120 valence electrons. The molecule has 3 N–H and O–H groups in total. The van der Waals surface area contributed by atoms with E-state index in [1.165, 1.54) is 10.9 Å². The molecule has 0 amide bonds. The zero-order valence-electron chi connectivity index (χ0n) is 12.3. The fourth-order valence-corrected chi connectivity index (χ4v) is 3.37. The number of hydrogen-bond acceptors (Lipinski definition) is 5. The second-order valence-electron chi connectivity index (χ2n) is 5.34. The van der Waals surface area contributed by atoms with Crippen LogP contribution in [0.1, 0.15) is 0 Å². The Labute approximate surface area is 137 Å². The van der Waals surface area contributed by atoms with E-state index in [1.807, 2.05) is 0 Å². The molecule has 0 spiro atoms. The highest BCUT2D eigenvalue weighted by Gasteiger charge is 2.19. The van der Waals surface area contributed by atoms with Gasteiger partial charge in [-0.2, -0.15) is 13.2 Å². The van der Waals surface area contributed by atoms with E-state index in [1.54, 1.807) is 48.5 Å². The predicted molar refractivity (Wildman–Crippen MR) is 90.6 cm³/mol. The van der Waals surface area contributed by atoms with Gasteiger partial charge >= 0.3 is 0 Å². The first kappa shape index (κ1) is 14.6. The van der Waals surface area contributed by atoms with Gasteiger partial charge in [-0.3, -0.25) is 4.55 Å². The van der Waals surface area contributed by atoms with E-state index in [4.69, 9.17) is 5.73 Å². The van der Waals surface area contributed by atoms with Crippen LogP contribution in [0.3, 0.4) is 0 Å². The first-order chi connectivity index (χ1) is 11.4. The van der Waals surface area contributed by atoms with Gasteiger partial charge in [0.25, 0.3) is 10.1 Å². The Hall–Kier alpha value is -2.97. The third-order valence-electron chi connectivity index (χ3n) is 3.76. The molecule has 0 aliphatic carbocycles. The average molecular weight is 340 g/mol. The third-order valence-corrected chi connectivity index (χ3v) is 4.65. The number of benzene rings is 3. The molecule has 0 bridgehead atoms. The summed E-state index contributed by atoms with van der Waals surface area (Å²) < 4.78 is 32.9. The number of anilines is 1. The van der Waals surface area contributed by atoms with Crippen LogP contribution >= 0.6 is 0 Å². The van der Waals surface area contributed by atoms with Gasteiger partial charge in [-0.1, -0.05) is 24.3 Å². The molecule has 4 rings (SSSR count). The van der Waals surface area contributed by atoms with Crippen molar-refractivity contribution in [2.45, 2.75) is 4.90 Å². The number of nitrogens with zero attached hydrogens (tertiary/aromatic N) is 3. The van der Waals surface area contributed by atoms with Crippen LogP contribution in [0, 0.1) is 0 Å². The molecule has 24 heavy (non-hydrogen) atoms. The number of hydrogen-bond donors (Lipinski definition) is 2. The van der Waals surface area contributed by atoms with Crippen molar-refractivity contribution in [1.29, 1.82) is 0 Å². The molecule has 0 unspecified atom stereocenters. The van der Waals surface area contributed by atoms with Crippen LogP contribution in [0.4, 0.5) is 5.69 Å². The molecule has 1 aromatic heterocycles. The summed E-state index contributed by atoms with van der Waals surface area (Å²) in [6, 6.07) is 15.2. The van der Waals surface area contributed by atoms with E-state index in [0.29, 0.717) is 33.2 Å². The number of nitrogen functional groups attached to an aromatic ring is 1. The highest BCUT2D eigenvalue weighted by Crippen LogP contribution is 2.29. The smallest absolute Gasteiger partial charge is 0.295 e. The van der Waals surface area contributed by atoms with E-state index in [9.17, 15) is 13.0 Å². The van der Waals surface area contributed by atoms with Gasteiger partial charge in [0.2, 0.25) is 0 Å². The van der Waals surface area contributed by atoms with Crippen molar-refractivity contribution in [3.8, 4) is 5.69 Å². The lowest BCUT2D eigenvalue weighted by Gasteiger charge is -2.03. The third kappa shape index (κ3) is 2.29. The van der Waals surface area contributed by atoms with Crippen LogP contribution < -0.4 is 5.73 Å². The Morgan fingerprint density at radius 2 is 1.62 bits per heavy atom. The monoisotopic (exact) mass is 340 g/mol. The Morgan fingerprint density at radius 3 is 2.29 bits per heavy atom. The molecular formula is C16H12N4O3S. The molecule has 0 aliphatic rings. The quantitative estimate of drug-likeness (QED) is 0.428. The van der Waals surface area contributed by atoms with Crippen LogP contribution in [0.15, 0.2) is 59.5 Å². The van der Waals surface area contributed by atoms with Crippen molar-refractivity contribution in [2.24, 2.45) is 0 Å². The van der Waals surface area contributed by atoms with Gasteiger partial charge in [-0.15, -0.1) is 10.2 Å². The summed E-state index contributed by atoms with van der Waals surface area (Å²) in [4.78, 5) is 1.22. The van der Waals surface area contributed by atoms with E-state index >= 15 is 0 Å². The van der Waals surface area contributed by atoms with Gasteiger partial charge in [0.1, 0.15) is 15.9 Å². The highest BCUT2D eigenvalue weighted by molar-refractivity contribution is 7.86. The largest absolute Gasteiger partial charge is 0.399 e. The standard InChI is InChI=1S/C16H12N4O3S/c17-10-5-7-11(8-6-10)20-18-14-9-15(24(21,22)23)12-3-1-2-4-13(12)16(14)19-20/h1-9H,17H2,(H,21,22,23). The SMILES string of the molecule is Nc1ccc(-n2nc3cc(S(=O)(=O)O)c4ccccc4c3n2)cc1. The van der Waals surface area contributed by atoms with Crippen LogP contribution in [0.25, 0.3) is 27.5 Å². The second-order valence-corrected chi connectivity index (χ2v) is 6.73. The summed E-state index contributed by atoms with van der Waals surface area (Å²) in [6.07, 6.45) is 0. The van der Waals surface area contributed by atoms with Crippen molar-refractivity contribution in [2.75, 3.05) is 5.73 Å². The first-order valence-electron chi connectivity index (χ1n) is 7.06. The fourth-order valence-electron chi connectivity index (χ4n) is 2.65. The van der Waals surface area contributed by atoms with Crippen molar-refractivity contribution >= 4 is 37.6 Å². The molecule has 0 aliphatic heterocycles. The molecule has 7 nitrogen and oxygen atoms in total. The maximum atomic E-state index is 11.7. The molecule has 0 fully saturated rings. The van der Waals surface area contributed by atoms with E-state index < -0.39 is 10.1 Å². The van der Waals surface area contributed by atoms with Crippen LogP contribution in [-0.2, 0) is 10.1 Å². The summed E-state index contributed by atoms with van der Waals surface area (Å²) in [5.74, 6) is 0. The molecule has 0 saturated carbocycles. The second kappa shape index (κ2) is 5.02. The molecule has 8 heteroatoms.